The Balaban J connectivity index is 1.36. The van der Waals surface area contributed by atoms with E-state index in [1.165, 1.54) is 0 Å². The number of fused-ring (bicyclic) bond motifs is 2. The highest BCUT2D eigenvalue weighted by molar-refractivity contribution is 5.96. The molecule has 10 nitrogen and oxygen atoms in total. The van der Waals surface area contributed by atoms with Crippen molar-refractivity contribution in [3.8, 4) is 28.5 Å². The third-order valence-corrected chi connectivity index (χ3v) is 6.16. The average molecular weight is 506 g/mol. The zero-order valence-corrected chi connectivity index (χ0v) is 21.6. The molecule has 38 heavy (non-hydrogen) atoms. The van der Waals surface area contributed by atoms with E-state index in [-0.39, 0.29) is 11.3 Å². The Labute approximate surface area is 218 Å². The Morgan fingerprint density at radius 1 is 1.08 bits per heavy atom. The van der Waals surface area contributed by atoms with Gasteiger partial charge in [0.15, 0.2) is 5.82 Å². The molecule has 1 amide bonds. The van der Waals surface area contributed by atoms with Gasteiger partial charge >= 0.3 is 0 Å². The summed E-state index contributed by atoms with van der Waals surface area (Å²) in [4.78, 5) is 34.0. The molecule has 5 aromatic heterocycles. The number of carbonyl (C=O) groups excluding carboxylic acids is 1. The van der Waals surface area contributed by atoms with Gasteiger partial charge in [-0.3, -0.25) is 19.9 Å². The zero-order chi connectivity index (χ0) is 26.4. The lowest BCUT2D eigenvalue weighted by Crippen LogP contribution is -2.19. The molecule has 10 heteroatoms. The van der Waals surface area contributed by atoms with E-state index in [9.17, 15) is 4.79 Å². The van der Waals surface area contributed by atoms with Crippen molar-refractivity contribution >= 4 is 33.5 Å². The predicted molar refractivity (Wildman–Crippen MR) is 147 cm³/mol. The van der Waals surface area contributed by atoms with Crippen molar-refractivity contribution in [1.82, 2.24) is 39.7 Å². The van der Waals surface area contributed by atoms with E-state index in [0.29, 0.717) is 29.3 Å². The molecule has 0 aliphatic carbocycles. The Morgan fingerprint density at radius 3 is 2.74 bits per heavy atom. The fourth-order valence-corrected chi connectivity index (χ4v) is 4.48. The number of nitrogens with zero attached hydrogens (tertiary/aromatic N) is 6. The van der Waals surface area contributed by atoms with Crippen LogP contribution in [0.3, 0.4) is 0 Å². The zero-order valence-electron chi connectivity index (χ0n) is 21.6. The average Bonchev–Trinajstić information content (AvgIpc) is 3.60. The number of aromatic nitrogens is 8. The highest BCUT2D eigenvalue weighted by Crippen LogP contribution is 2.31. The molecule has 6 aromatic rings. The first kappa shape index (κ1) is 23.5. The van der Waals surface area contributed by atoms with Gasteiger partial charge in [0, 0.05) is 29.8 Å². The van der Waals surface area contributed by atoms with Crippen LogP contribution in [0.2, 0.25) is 0 Å². The van der Waals surface area contributed by atoms with E-state index in [4.69, 9.17) is 4.98 Å². The van der Waals surface area contributed by atoms with Gasteiger partial charge in [0.2, 0.25) is 5.91 Å². The van der Waals surface area contributed by atoms with Crippen LogP contribution < -0.4 is 5.32 Å². The van der Waals surface area contributed by atoms with Gasteiger partial charge in [0.25, 0.3) is 0 Å². The summed E-state index contributed by atoms with van der Waals surface area (Å²) >= 11 is 0. The molecule has 5 heterocycles. The third kappa shape index (κ3) is 4.52. The lowest BCUT2D eigenvalue weighted by molar-refractivity contribution is -0.117. The van der Waals surface area contributed by atoms with Crippen LogP contribution in [0.15, 0.2) is 61.4 Å². The van der Waals surface area contributed by atoms with Gasteiger partial charge < -0.3 is 14.9 Å². The first-order valence-corrected chi connectivity index (χ1v) is 12.3. The summed E-state index contributed by atoms with van der Waals surface area (Å²) in [6.07, 6.45) is 9.29. The molecule has 3 N–H and O–H groups in total. The van der Waals surface area contributed by atoms with Crippen LogP contribution in [0.4, 0.5) is 5.69 Å². The van der Waals surface area contributed by atoms with E-state index in [0.717, 1.165) is 38.9 Å². The number of aromatic amines is 2. The molecule has 0 atom stereocenters. The smallest absolute Gasteiger partial charge is 0.224 e. The first-order valence-electron chi connectivity index (χ1n) is 12.3. The second-order valence-corrected chi connectivity index (χ2v) is 10.6. The molecule has 1 aromatic carbocycles. The third-order valence-electron chi connectivity index (χ3n) is 6.16. The van der Waals surface area contributed by atoms with E-state index in [1.807, 2.05) is 68.8 Å². The summed E-state index contributed by atoms with van der Waals surface area (Å²) in [6.45, 7) is 8.05. The molecular formula is C28H27N9O. The Kier molecular flexibility index (Phi) is 5.52. The molecule has 0 saturated heterocycles. The molecule has 0 bridgehead atoms. The van der Waals surface area contributed by atoms with E-state index < -0.39 is 0 Å². The van der Waals surface area contributed by atoms with Crippen LogP contribution in [-0.4, -0.2) is 45.6 Å². The molecule has 6 rings (SSSR count). The fraction of sp³-hybridized carbons (Fsp3) is 0.214. The highest BCUT2D eigenvalue weighted by Gasteiger charge is 2.18. The quantitative estimate of drug-likeness (QED) is 0.286. The summed E-state index contributed by atoms with van der Waals surface area (Å²) in [6, 6.07) is 9.83. The van der Waals surface area contributed by atoms with Crippen LogP contribution in [-0.2, 0) is 4.79 Å². The number of imidazole rings is 2. The van der Waals surface area contributed by atoms with Gasteiger partial charge in [-0.2, -0.15) is 5.10 Å². The van der Waals surface area contributed by atoms with Crippen molar-refractivity contribution in [2.45, 2.75) is 34.1 Å². The molecule has 0 aliphatic heterocycles. The topological polar surface area (TPSA) is 130 Å². The van der Waals surface area contributed by atoms with Gasteiger partial charge in [0.05, 0.1) is 52.5 Å². The standard InChI is InChI=1S/C28H27N9O/c1-16-14-37(15-31-16)23-7-5-6-20-26(23)34-27(33-20)25-19-9-21(30-13-22(19)35-36-25)17-8-18(12-29-11-17)32-24(38)10-28(2,3)4/h5-9,11-15H,10H2,1-4H3,(H,32,38)(H,33,34)(H,35,36). The Bertz CT molecular complexity index is 1800. The minimum Gasteiger partial charge on any atom is -0.336 e. The predicted octanol–water partition coefficient (Wildman–Crippen LogP) is 5.43. The van der Waals surface area contributed by atoms with Crippen LogP contribution in [0.1, 0.15) is 32.9 Å². The van der Waals surface area contributed by atoms with Crippen molar-refractivity contribution < 1.29 is 4.79 Å². The SMILES string of the molecule is Cc1cn(-c2cccc3[nH]c(-c4n[nH]c5cnc(-c6cncc(NC(=O)CC(C)(C)C)c6)cc45)nc23)cn1. The van der Waals surface area contributed by atoms with E-state index >= 15 is 0 Å². The van der Waals surface area contributed by atoms with E-state index in [1.54, 1.807) is 24.9 Å². The number of anilines is 1. The second kappa shape index (κ2) is 8.91. The van der Waals surface area contributed by atoms with Gasteiger partial charge in [-0.15, -0.1) is 0 Å². The molecular weight excluding hydrogens is 478 g/mol. The first-order chi connectivity index (χ1) is 18.2. The number of amides is 1. The summed E-state index contributed by atoms with van der Waals surface area (Å²) in [5.74, 6) is 0.598. The van der Waals surface area contributed by atoms with Crippen molar-refractivity contribution in [3.05, 3.63) is 67.1 Å². The number of H-pyrrole nitrogens is 2. The van der Waals surface area contributed by atoms with Crippen LogP contribution >= 0.6 is 0 Å². The monoisotopic (exact) mass is 505 g/mol. The number of hydrogen-bond donors (Lipinski definition) is 3. The molecule has 0 fully saturated rings. The van der Waals surface area contributed by atoms with Crippen molar-refractivity contribution in [2.75, 3.05) is 5.32 Å². The largest absolute Gasteiger partial charge is 0.336 e. The van der Waals surface area contributed by atoms with Crippen LogP contribution in [0, 0.1) is 12.3 Å². The lowest BCUT2D eigenvalue weighted by atomic mass is 9.92. The maximum atomic E-state index is 12.4. The summed E-state index contributed by atoms with van der Waals surface area (Å²) < 4.78 is 1.97. The number of hydrogen-bond acceptors (Lipinski definition) is 6. The molecule has 0 aliphatic rings. The molecule has 190 valence electrons. The van der Waals surface area contributed by atoms with Crippen LogP contribution in [0.25, 0.3) is 50.4 Å². The number of benzene rings is 1. The number of pyridine rings is 2. The molecule has 0 radical (unpaired) electrons. The minimum atomic E-state index is -0.103. The van der Waals surface area contributed by atoms with Crippen molar-refractivity contribution in [2.24, 2.45) is 5.41 Å². The second-order valence-electron chi connectivity index (χ2n) is 10.6. The highest BCUT2D eigenvalue weighted by atomic mass is 16.1. The van der Waals surface area contributed by atoms with Crippen molar-refractivity contribution in [1.29, 1.82) is 0 Å². The van der Waals surface area contributed by atoms with Gasteiger partial charge in [-0.1, -0.05) is 26.8 Å². The number of rotatable bonds is 5. The Hall–Kier alpha value is -4.86. The maximum absolute atomic E-state index is 12.4. The minimum absolute atomic E-state index is 0.0490. The van der Waals surface area contributed by atoms with Gasteiger partial charge in [-0.25, -0.2) is 9.97 Å². The molecule has 0 spiro atoms. The van der Waals surface area contributed by atoms with E-state index in [2.05, 4.69) is 35.5 Å². The maximum Gasteiger partial charge on any atom is 0.224 e. The number of carbonyl (C=O) groups is 1. The lowest BCUT2D eigenvalue weighted by Gasteiger charge is -2.17. The van der Waals surface area contributed by atoms with Gasteiger partial charge in [0.1, 0.15) is 11.2 Å². The summed E-state index contributed by atoms with van der Waals surface area (Å²) in [7, 11) is 0. The normalized spacial score (nSPS) is 11.9. The molecule has 0 unspecified atom stereocenters. The Morgan fingerprint density at radius 2 is 1.95 bits per heavy atom. The summed E-state index contributed by atoms with van der Waals surface area (Å²) in [5.41, 5.74) is 7.10. The summed E-state index contributed by atoms with van der Waals surface area (Å²) in [5, 5.41) is 11.4. The van der Waals surface area contributed by atoms with Crippen molar-refractivity contribution in [3.63, 3.8) is 0 Å². The fourth-order valence-electron chi connectivity index (χ4n) is 4.48. The number of aryl methyl sites for hydroxylation is 1. The van der Waals surface area contributed by atoms with Crippen LogP contribution in [0.5, 0.6) is 0 Å². The number of para-hydroxylation sites is 1. The van der Waals surface area contributed by atoms with Gasteiger partial charge in [-0.05, 0) is 36.6 Å². The molecule has 0 saturated carbocycles. The number of nitrogens with one attached hydrogen (secondary N) is 3.